The first kappa shape index (κ1) is 17.7. The van der Waals surface area contributed by atoms with E-state index in [2.05, 4.69) is 10.3 Å². The molecule has 0 spiro atoms. The average Bonchev–Trinajstić information content (AvgIpc) is 2.96. The number of halogens is 1. The van der Waals surface area contributed by atoms with Crippen LogP contribution in [0.1, 0.15) is 16.3 Å². The number of amides is 1. The molecule has 24 heavy (non-hydrogen) atoms. The van der Waals surface area contributed by atoms with Crippen LogP contribution in [0.25, 0.3) is 6.08 Å². The number of nitrogens with one attached hydrogen (secondary N) is 1. The van der Waals surface area contributed by atoms with Crippen LogP contribution in [0.3, 0.4) is 0 Å². The van der Waals surface area contributed by atoms with E-state index in [-0.39, 0.29) is 5.02 Å². The van der Waals surface area contributed by atoms with E-state index in [1.54, 1.807) is 5.38 Å². The van der Waals surface area contributed by atoms with Gasteiger partial charge >= 0.3 is 5.97 Å². The quantitative estimate of drug-likeness (QED) is 0.652. The molecule has 0 aliphatic heterocycles. The van der Waals surface area contributed by atoms with Crippen molar-refractivity contribution < 1.29 is 14.3 Å². The number of anilines is 1. The maximum atomic E-state index is 11.7. The van der Waals surface area contributed by atoms with Gasteiger partial charge in [-0.15, -0.1) is 11.3 Å². The molecular formula is C16H12ClN3O3S. The van der Waals surface area contributed by atoms with Crippen LogP contribution in [0, 0.1) is 18.3 Å². The zero-order valence-electron chi connectivity index (χ0n) is 12.6. The van der Waals surface area contributed by atoms with Crippen molar-refractivity contribution in [1.29, 1.82) is 5.26 Å². The van der Waals surface area contributed by atoms with Crippen molar-refractivity contribution in [2.45, 2.75) is 6.92 Å². The van der Waals surface area contributed by atoms with Crippen LogP contribution in [0.15, 0.2) is 29.7 Å². The molecule has 1 aromatic heterocycles. The molecule has 2 rings (SSSR count). The first-order valence-corrected chi connectivity index (χ1v) is 8.00. The third-order valence-electron chi connectivity index (χ3n) is 2.75. The van der Waals surface area contributed by atoms with E-state index >= 15 is 0 Å². The largest absolute Gasteiger partial charge is 0.452 e. The number of hydrogen-bond donors (Lipinski definition) is 1. The van der Waals surface area contributed by atoms with E-state index in [9.17, 15) is 9.59 Å². The van der Waals surface area contributed by atoms with Gasteiger partial charge in [0.05, 0.1) is 21.3 Å². The SMILES string of the molecule is Cc1nc(/C=C/C(=O)OCC(=O)Nc2ccc(C#N)c(Cl)c2)cs1. The van der Waals surface area contributed by atoms with Gasteiger partial charge in [-0.3, -0.25) is 4.79 Å². The molecule has 1 N–H and O–H groups in total. The van der Waals surface area contributed by atoms with Crippen molar-refractivity contribution in [3.05, 3.63) is 50.9 Å². The van der Waals surface area contributed by atoms with Gasteiger partial charge in [-0.05, 0) is 31.2 Å². The number of aryl methyl sites for hydroxylation is 1. The highest BCUT2D eigenvalue weighted by Gasteiger charge is 2.07. The van der Waals surface area contributed by atoms with Crippen molar-refractivity contribution in [1.82, 2.24) is 4.98 Å². The number of thiazole rings is 1. The standard InChI is InChI=1S/C16H12ClN3O3S/c1-10-19-13(9-24-10)4-5-16(22)23-8-15(21)20-12-3-2-11(7-18)14(17)6-12/h2-6,9H,8H2,1H3,(H,20,21)/b5-4+. The predicted molar refractivity (Wildman–Crippen MR) is 91.6 cm³/mol. The molecule has 0 radical (unpaired) electrons. The second-order valence-corrected chi connectivity index (χ2v) is 6.06. The Kier molecular flexibility index (Phi) is 6.07. The molecule has 1 heterocycles. The summed E-state index contributed by atoms with van der Waals surface area (Å²) in [5.74, 6) is -1.16. The first-order valence-electron chi connectivity index (χ1n) is 6.74. The fraction of sp³-hybridized carbons (Fsp3) is 0.125. The van der Waals surface area contributed by atoms with Gasteiger partial charge < -0.3 is 10.1 Å². The molecular weight excluding hydrogens is 350 g/mol. The lowest BCUT2D eigenvalue weighted by Crippen LogP contribution is -2.20. The molecule has 2 aromatic rings. The minimum atomic E-state index is -0.645. The minimum absolute atomic E-state index is 0.230. The Labute approximate surface area is 147 Å². The van der Waals surface area contributed by atoms with E-state index < -0.39 is 18.5 Å². The number of aromatic nitrogens is 1. The number of carbonyl (C=O) groups excluding carboxylic acids is 2. The third kappa shape index (κ3) is 5.19. The molecule has 8 heteroatoms. The third-order valence-corrected chi connectivity index (χ3v) is 3.85. The lowest BCUT2D eigenvalue weighted by molar-refractivity contribution is -0.142. The first-order chi connectivity index (χ1) is 11.5. The lowest BCUT2D eigenvalue weighted by Gasteiger charge is -2.06. The van der Waals surface area contributed by atoms with E-state index in [0.29, 0.717) is 16.9 Å². The van der Waals surface area contributed by atoms with Gasteiger partial charge in [0.15, 0.2) is 6.61 Å². The van der Waals surface area contributed by atoms with Crippen molar-refractivity contribution in [3.8, 4) is 6.07 Å². The van der Waals surface area contributed by atoms with E-state index in [4.69, 9.17) is 21.6 Å². The maximum Gasteiger partial charge on any atom is 0.331 e. The molecule has 0 aliphatic rings. The van der Waals surface area contributed by atoms with Crippen LogP contribution in [-0.2, 0) is 14.3 Å². The highest BCUT2D eigenvalue weighted by atomic mass is 35.5. The topological polar surface area (TPSA) is 92.1 Å². The number of hydrogen-bond acceptors (Lipinski definition) is 6. The van der Waals surface area contributed by atoms with Crippen LogP contribution < -0.4 is 5.32 Å². The Morgan fingerprint density at radius 1 is 1.50 bits per heavy atom. The van der Waals surface area contributed by atoms with E-state index in [0.717, 1.165) is 5.01 Å². The Morgan fingerprint density at radius 2 is 2.29 bits per heavy atom. The van der Waals surface area contributed by atoms with Crippen LogP contribution in [0.5, 0.6) is 0 Å². The highest BCUT2D eigenvalue weighted by Crippen LogP contribution is 2.20. The van der Waals surface area contributed by atoms with Crippen LogP contribution in [0.2, 0.25) is 5.02 Å². The van der Waals surface area contributed by atoms with Gasteiger partial charge in [0, 0.05) is 17.1 Å². The fourth-order valence-electron chi connectivity index (χ4n) is 1.68. The van der Waals surface area contributed by atoms with Crippen LogP contribution in [0.4, 0.5) is 5.69 Å². The zero-order chi connectivity index (χ0) is 17.5. The average molecular weight is 362 g/mol. The van der Waals surface area contributed by atoms with Gasteiger partial charge in [0.25, 0.3) is 5.91 Å². The zero-order valence-corrected chi connectivity index (χ0v) is 14.1. The molecule has 0 bridgehead atoms. The number of ether oxygens (including phenoxy) is 1. The smallest absolute Gasteiger partial charge is 0.331 e. The van der Waals surface area contributed by atoms with E-state index in [1.165, 1.54) is 41.7 Å². The Balaban J connectivity index is 1.82. The second-order valence-electron chi connectivity index (χ2n) is 4.59. The summed E-state index contributed by atoms with van der Waals surface area (Å²) in [6, 6.07) is 6.39. The van der Waals surface area contributed by atoms with Crippen molar-refractivity contribution in [3.63, 3.8) is 0 Å². The van der Waals surface area contributed by atoms with Gasteiger partial charge in [0.1, 0.15) is 6.07 Å². The van der Waals surface area contributed by atoms with Crippen molar-refractivity contribution in [2.75, 3.05) is 11.9 Å². The molecule has 0 unspecified atom stereocenters. The highest BCUT2D eigenvalue weighted by molar-refractivity contribution is 7.09. The Hall–Kier alpha value is -2.69. The normalized spacial score (nSPS) is 10.4. The maximum absolute atomic E-state index is 11.7. The monoisotopic (exact) mass is 361 g/mol. The Bertz CT molecular complexity index is 839. The predicted octanol–water partition coefficient (Wildman–Crippen LogP) is 3.17. The number of benzene rings is 1. The molecule has 122 valence electrons. The summed E-state index contributed by atoms with van der Waals surface area (Å²) in [6.07, 6.45) is 2.73. The van der Waals surface area contributed by atoms with Crippen LogP contribution in [-0.4, -0.2) is 23.5 Å². The molecule has 0 atom stereocenters. The molecule has 0 saturated heterocycles. The number of rotatable bonds is 5. The molecule has 6 nitrogen and oxygen atoms in total. The van der Waals surface area contributed by atoms with Crippen molar-refractivity contribution >= 4 is 46.6 Å². The summed E-state index contributed by atoms with van der Waals surface area (Å²) < 4.78 is 4.83. The van der Waals surface area contributed by atoms with Gasteiger partial charge in [-0.1, -0.05) is 11.6 Å². The molecule has 1 amide bonds. The molecule has 1 aromatic carbocycles. The van der Waals surface area contributed by atoms with E-state index in [1.807, 2.05) is 13.0 Å². The lowest BCUT2D eigenvalue weighted by atomic mass is 10.2. The van der Waals surface area contributed by atoms with Gasteiger partial charge in [0.2, 0.25) is 0 Å². The number of esters is 1. The number of nitriles is 1. The minimum Gasteiger partial charge on any atom is -0.452 e. The summed E-state index contributed by atoms with van der Waals surface area (Å²) >= 11 is 7.34. The molecule has 0 saturated carbocycles. The summed E-state index contributed by atoms with van der Waals surface area (Å²) in [7, 11) is 0. The van der Waals surface area contributed by atoms with Crippen LogP contribution >= 0.6 is 22.9 Å². The summed E-state index contributed by atoms with van der Waals surface area (Å²) in [5.41, 5.74) is 1.38. The number of nitrogens with zero attached hydrogens (tertiary/aromatic N) is 2. The second kappa shape index (κ2) is 8.24. The molecule has 0 aliphatic carbocycles. The summed E-state index contributed by atoms with van der Waals surface area (Å²) in [5, 5.41) is 14.2. The number of carbonyl (C=O) groups is 2. The summed E-state index contributed by atoms with van der Waals surface area (Å²) in [6.45, 7) is 1.43. The summed E-state index contributed by atoms with van der Waals surface area (Å²) in [4.78, 5) is 27.4. The Morgan fingerprint density at radius 3 is 2.92 bits per heavy atom. The van der Waals surface area contributed by atoms with Gasteiger partial charge in [-0.25, -0.2) is 9.78 Å². The van der Waals surface area contributed by atoms with Gasteiger partial charge in [-0.2, -0.15) is 5.26 Å². The fourth-order valence-corrected chi connectivity index (χ4v) is 2.48. The molecule has 0 fully saturated rings. The van der Waals surface area contributed by atoms with Crippen molar-refractivity contribution in [2.24, 2.45) is 0 Å².